The Hall–Kier alpha value is -0.370. The maximum absolute atomic E-state index is 11.6. The van der Waals surface area contributed by atoms with E-state index in [4.69, 9.17) is 4.74 Å². The Morgan fingerprint density at radius 3 is 1.64 bits per heavy atom. The molecular formula is C34H66O2. The van der Waals surface area contributed by atoms with Crippen molar-refractivity contribution in [3.05, 3.63) is 0 Å². The first-order valence-corrected chi connectivity index (χ1v) is 16.9. The third-order valence-corrected chi connectivity index (χ3v) is 8.70. The van der Waals surface area contributed by atoms with Gasteiger partial charge in [-0.3, -0.25) is 0 Å². The van der Waals surface area contributed by atoms with E-state index in [0.717, 1.165) is 25.4 Å². The maximum Gasteiger partial charge on any atom is 0.123 e. The molecule has 2 heteroatoms. The lowest BCUT2D eigenvalue weighted by atomic mass is 9.86. The van der Waals surface area contributed by atoms with E-state index in [0.29, 0.717) is 12.0 Å². The summed E-state index contributed by atoms with van der Waals surface area (Å²) in [7, 11) is 0. The topological polar surface area (TPSA) is 26.3 Å². The van der Waals surface area contributed by atoms with Gasteiger partial charge in [0.15, 0.2) is 0 Å². The summed E-state index contributed by atoms with van der Waals surface area (Å²) >= 11 is 0. The third-order valence-electron chi connectivity index (χ3n) is 8.70. The van der Waals surface area contributed by atoms with Crippen molar-refractivity contribution >= 4 is 6.29 Å². The molecule has 1 rings (SSSR count). The van der Waals surface area contributed by atoms with Crippen molar-refractivity contribution in [2.75, 3.05) is 6.61 Å². The molecule has 1 aliphatic carbocycles. The van der Waals surface area contributed by atoms with Gasteiger partial charge < -0.3 is 9.53 Å². The van der Waals surface area contributed by atoms with Crippen LogP contribution in [-0.4, -0.2) is 19.0 Å². The first-order valence-electron chi connectivity index (χ1n) is 16.9. The zero-order chi connectivity index (χ0) is 25.9. The zero-order valence-electron chi connectivity index (χ0n) is 24.9. The quantitative estimate of drug-likeness (QED) is 0.0817. The maximum atomic E-state index is 11.6. The molecule has 0 N–H and O–H groups in total. The van der Waals surface area contributed by atoms with E-state index in [-0.39, 0.29) is 0 Å². The molecule has 0 saturated heterocycles. The molecule has 0 spiro atoms. The predicted octanol–water partition coefficient (Wildman–Crippen LogP) is 11.4. The van der Waals surface area contributed by atoms with Crippen LogP contribution in [0.25, 0.3) is 0 Å². The lowest BCUT2D eigenvalue weighted by molar-refractivity contribution is -0.111. The summed E-state index contributed by atoms with van der Waals surface area (Å²) in [6.45, 7) is 5.56. The Bertz CT molecular complexity index is 442. The van der Waals surface area contributed by atoms with E-state index in [1.54, 1.807) is 0 Å². The molecule has 0 bridgehead atoms. The molecule has 2 atom stereocenters. The van der Waals surface area contributed by atoms with Crippen LogP contribution in [0.2, 0.25) is 0 Å². The highest BCUT2D eigenvalue weighted by Gasteiger charge is 2.14. The zero-order valence-corrected chi connectivity index (χ0v) is 24.9. The van der Waals surface area contributed by atoms with E-state index in [9.17, 15) is 4.79 Å². The first-order chi connectivity index (χ1) is 17.8. The van der Waals surface area contributed by atoms with Crippen LogP contribution in [0.4, 0.5) is 0 Å². The first kappa shape index (κ1) is 33.7. The fourth-order valence-electron chi connectivity index (χ4n) is 6.11. The average molecular weight is 507 g/mol. The lowest BCUT2D eigenvalue weighted by Crippen LogP contribution is -2.17. The number of unbranched alkanes of at least 4 members (excludes halogenated alkanes) is 14. The van der Waals surface area contributed by atoms with E-state index >= 15 is 0 Å². The van der Waals surface area contributed by atoms with Crippen molar-refractivity contribution in [2.45, 2.75) is 193 Å². The van der Waals surface area contributed by atoms with Gasteiger partial charge in [-0.1, -0.05) is 149 Å². The van der Waals surface area contributed by atoms with Crippen molar-refractivity contribution in [1.82, 2.24) is 0 Å². The molecular weight excluding hydrogens is 440 g/mol. The standard InChI is InChI=1S/C34H66O2/c1-3-5-7-17-23-32(28-29-33(31-35)25-18-8-6-4-2)24-19-14-12-10-9-11-13-15-22-30-36-34-26-20-16-21-27-34/h31-34H,3-30H2,1-2H3. The molecule has 0 radical (unpaired) electrons. The van der Waals surface area contributed by atoms with Crippen molar-refractivity contribution in [1.29, 1.82) is 0 Å². The highest BCUT2D eigenvalue weighted by Crippen LogP contribution is 2.26. The summed E-state index contributed by atoms with van der Waals surface area (Å²) in [6.07, 6.45) is 38.1. The number of rotatable bonds is 27. The number of hydrogen-bond acceptors (Lipinski definition) is 2. The minimum Gasteiger partial charge on any atom is -0.378 e. The summed E-state index contributed by atoms with van der Waals surface area (Å²) in [6, 6.07) is 0. The number of carbonyl (C=O) groups is 1. The Balaban J connectivity index is 2.04. The lowest BCUT2D eigenvalue weighted by Gasteiger charge is -2.21. The fraction of sp³-hybridized carbons (Fsp3) is 0.971. The molecule has 1 fully saturated rings. The molecule has 0 aromatic rings. The van der Waals surface area contributed by atoms with Gasteiger partial charge in [0.1, 0.15) is 6.29 Å². The van der Waals surface area contributed by atoms with Crippen LogP contribution >= 0.6 is 0 Å². The van der Waals surface area contributed by atoms with E-state index in [1.807, 2.05) is 0 Å². The second-order valence-corrected chi connectivity index (χ2v) is 12.1. The molecule has 0 amide bonds. The SMILES string of the molecule is CCCCCCC(C=O)CCC(CCCCCC)CCCCCCCCCCCOC1CCCCC1. The minimum atomic E-state index is 0.318. The van der Waals surface area contributed by atoms with Gasteiger partial charge in [0.2, 0.25) is 0 Å². The highest BCUT2D eigenvalue weighted by molar-refractivity contribution is 5.53. The van der Waals surface area contributed by atoms with Gasteiger partial charge in [-0.15, -0.1) is 0 Å². The van der Waals surface area contributed by atoms with Crippen LogP contribution in [0.3, 0.4) is 0 Å². The van der Waals surface area contributed by atoms with Gasteiger partial charge in [0.05, 0.1) is 6.10 Å². The van der Waals surface area contributed by atoms with Crippen molar-refractivity contribution in [3.8, 4) is 0 Å². The summed E-state index contributed by atoms with van der Waals surface area (Å²) in [4.78, 5) is 11.6. The summed E-state index contributed by atoms with van der Waals surface area (Å²) in [5, 5.41) is 0. The second-order valence-electron chi connectivity index (χ2n) is 12.1. The number of carbonyl (C=O) groups excluding carboxylic acids is 1. The molecule has 36 heavy (non-hydrogen) atoms. The van der Waals surface area contributed by atoms with Gasteiger partial charge in [-0.25, -0.2) is 0 Å². The van der Waals surface area contributed by atoms with Gasteiger partial charge in [-0.05, 0) is 44.4 Å². The van der Waals surface area contributed by atoms with E-state index in [1.165, 1.54) is 167 Å². The van der Waals surface area contributed by atoms with E-state index in [2.05, 4.69) is 13.8 Å². The average Bonchev–Trinajstić information content (AvgIpc) is 2.91. The van der Waals surface area contributed by atoms with Crippen LogP contribution in [0, 0.1) is 11.8 Å². The molecule has 0 aromatic heterocycles. The van der Waals surface area contributed by atoms with Crippen LogP contribution in [0.15, 0.2) is 0 Å². The normalized spacial score (nSPS) is 16.3. The van der Waals surface area contributed by atoms with Crippen LogP contribution in [0.5, 0.6) is 0 Å². The molecule has 0 aliphatic heterocycles. The summed E-state index contributed by atoms with van der Waals surface area (Å²) < 4.78 is 6.06. The third kappa shape index (κ3) is 20.7. The van der Waals surface area contributed by atoms with E-state index < -0.39 is 0 Å². The molecule has 2 nitrogen and oxygen atoms in total. The summed E-state index contributed by atoms with van der Waals surface area (Å²) in [5.74, 6) is 1.18. The minimum absolute atomic E-state index is 0.318. The Morgan fingerprint density at radius 1 is 0.583 bits per heavy atom. The van der Waals surface area contributed by atoms with Gasteiger partial charge in [0.25, 0.3) is 0 Å². The van der Waals surface area contributed by atoms with Crippen LogP contribution in [-0.2, 0) is 9.53 Å². The van der Waals surface area contributed by atoms with Crippen LogP contribution < -0.4 is 0 Å². The number of aldehydes is 1. The number of ether oxygens (including phenoxy) is 1. The van der Waals surface area contributed by atoms with Gasteiger partial charge >= 0.3 is 0 Å². The van der Waals surface area contributed by atoms with Crippen molar-refractivity contribution in [3.63, 3.8) is 0 Å². The predicted molar refractivity (Wildman–Crippen MR) is 159 cm³/mol. The summed E-state index contributed by atoms with van der Waals surface area (Å²) in [5.41, 5.74) is 0. The smallest absolute Gasteiger partial charge is 0.123 e. The van der Waals surface area contributed by atoms with Crippen molar-refractivity contribution in [2.24, 2.45) is 11.8 Å². The molecule has 1 saturated carbocycles. The molecule has 0 aromatic carbocycles. The number of hydrogen-bond donors (Lipinski definition) is 0. The van der Waals surface area contributed by atoms with Gasteiger partial charge in [-0.2, -0.15) is 0 Å². The van der Waals surface area contributed by atoms with Crippen molar-refractivity contribution < 1.29 is 9.53 Å². The monoisotopic (exact) mass is 507 g/mol. The Labute approximate surface area is 227 Å². The highest BCUT2D eigenvalue weighted by atomic mass is 16.5. The molecule has 214 valence electrons. The molecule has 2 unspecified atom stereocenters. The Kier molecular flexibility index (Phi) is 24.5. The second kappa shape index (κ2) is 26.2. The van der Waals surface area contributed by atoms with Crippen LogP contribution in [0.1, 0.15) is 187 Å². The Morgan fingerprint density at radius 2 is 1.08 bits per heavy atom. The fourth-order valence-corrected chi connectivity index (χ4v) is 6.11. The van der Waals surface area contributed by atoms with Gasteiger partial charge in [0, 0.05) is 12.5 Å². The molecule has 0 heterocycles. The molecule has 1 aliphatic rings. The largest absolute Gasteiger partial charge is 0.378 e.